The van der Waals surface area contributed by atoms with Crippen LogP contribution < -0.4 is 4.74 Å². The van der Waals surface area contributed by atoms with Crippen LogP contribution in [0.2, 0.25) is 0 Å². The van der Waals surface area contributed by atoms with E-state index in [1.807, 2.05) is 24.3 Å². The number of hydrogen-bond acceptors (Lipinski definition) is 1. The van der Waals surface area contributed by atoms with Crippen LogP contribution in [0.15, 0.2) is 72.8 Å². The van der Waals surface area contributed by atoms with E-state index in [2.05, 4.69) is 32.1 Å². The van der Waals surface area contributed by atoms with Crippen molar-refractivity contribution in [3.05, 3.63) is 95.8 Å². The normalized spacial score (nSPS) is 19.9. The summed E-state index contributed by atoms with van der Waals surface area (Å²) in [5.74, 6) is 0.305. The average Bonchev–Trinajstić information content (AvgIpc) is 3.12. The Kier molecular flexibility index (Phi) is 13.9. The number of hydrogen-bond donors (Lipinski definition) is 0. The Balaban J connectivity index is 1.14. The fraction of sp³-hybridized carbons (Fsp3) is 0.500. The second-order valence-electron chi connectivity index (χ2n) is 14.2. The molecule has 0 aromatic heterocycles. The lowest BCUT2D eigenvalue weighted by molar-refractivity contribution is 0.190. The highest BCUT2D eigenvalue weighted by Gasteiger charge is 2.29. The summed E-state index contributed by atoms with van der Waals surface area (Å²) in [6, 6.07) is 15.8. The molecule has 0 spiro atoms. The Bertz CT molecular complexity index is 1500. The van der Waals surface area contributed by atoms with Crippen LogP contribution in [0.25, 0.3) is 27.8 Å². The molecule has 0 amide bonds. The third kappa shape index (κ3) is 9.67. The largest absolute Gasteiger partial charge is 0.490 e. The third-order valence-corrected chi connectivity index (χ3v) is 10.9. The lowest BCUT2D eigenvalue weighted by Crippen LogP contribution is -2.23. The van der Waals surface area contributed by atoms with Gasteiger partial charge in [0.25, 0.3) is 0 Å². The summed E-state index contributed by atoms with van der Waals surface area (Å²) < 4.78 is 51.0. The van der Waals surface area contributed by atoms with Gasteiger partial charge in [0.05, 0.1) is 6.61 Å². The van der Waals surface area contributed by atoms with E-state index >= 15 is 8.78 Å². The van der Waals surface area contributed by atoms with Gasteiger partial charge in [0, 0.05) is 11.1 Å². The van der Waals surface area contributed by atoms with Crippen molar-refractivity contribution in [3.63, 3.8) is 0 Å². The van der Waals surface area contributed by atoms with E-state index in [-0.39, 0.29) is 17.1 Å². The summed E-state index contributed by atoms with van der Waals surface area (Å²) in [6.07, 6.45) is 25.8. The smallest absolute Gasteiger partial charge is 0.201 e. The lowest BCUT2D eigenvalue weighted by atomic mass is 9.70. The van der Waals surface area contributed by atoms with Crippen molar-refractivity contribution < 1.29 is 17.9 Å². The number of unbranched alkanes of at least 4 members (excludes halogenated alkanes) is 6. The van der Waals surface area contributed by atoms with Gasteiger partial charge in [0.15, 0.2) is 11.6 Å². The minimum Gasteiger partial charge on any atom is -0.490 e. The summed E-state index contributed by atoms with van der Waals surface area (Å²) >= 11 is 0. The molecule has 1 fully saturated rings. The quantitative estimate of drug-likeness (QED) is 0.110. The molecule has 0 aliphatic heterocycles. The summed E-state index contributed by atoms with van der Waals surface area (Å²) in [6.45, 7) is 4.68. The number of rotatable bonds is 16. The van der Waals surface area contributed by atoms with E-state index in [1.165, 1.54) is 70.3 Å². The molecular formula is C44H55F3O. The molecule has 5 rings (SSSR count). The molecule has 3 aromatic carbocycles. The summed E-state index contributed by atoms with van der Waals surface area (Å²) in [5.41, 5.74) is 4.17. The molecule has 3 aromatic rings. The minimum atomic E-state index is -0.955. The van der Waals surface area contributed by atoms with Crippen molar-refractivity contribution in [1.29, 1.82) is 0 Å². The molecule has 1 unspecified atom stereocenters. The van der Waals surface area contributed by atoms with Gasteiger partial charge in [-0.15, -0.1) is 0 Å². The molecule has 4 heteroatoms. The second-order valence-corrected chi connectivity index (χ2v) is 14.2. The molecule has 0 bridgehead atoms. The zero-order chi connectivity index (χ0) is 33.7. The molecule has 0 saturated heterocycles. The Morgan fingerprint density at radius 2 is 1.40 bits per heavy atom. The number of allylic oxidation sites excluding steroid dienone is 4. The molecule has 1 nitrogen and oxygen atoms in total. The van der Waals surface area contributed by atoms with Gasteiger partial charge in [-0.3, -0.25) is 0 Å². The van der Waals surface area contributed by atoms with E-state index in [9.17, 15) is 4.39 Å². The highest BCUT2D eigenvalue weighted by Crippen LogP contribution is 2.43. The van der Waals surface area contributed by atoms with Crippen LogP contribution in [0.3, 0.4) is 0 Å². The molecule has 1 saturated carbocycles. The Morgan fingerprint density at radius 1 is 0.708 bits per heavy atom. The predicted octanol–water partition coefficient (Wildman–Crippen LogP) is 13.9. The van der Waals surface area contributed by atoms with E-state index in [0.29, 0.717) is 17.7 Å². The Hall–Kier alpha value is -3.27. The van der Waals surface area contributed by atoms with Crippen LogP contribution in [0.4, 0.5) is 13.2 Å². The van der Waals surface area contributed by atoms with Crippen LogP contribution in [0.5, 0.6) is 5.75 Å². The molecule has 48 heavy (non-hydrogen) atoms. The van der Waals surface area contributed by atoms with Crippen LogP contribution >= 0.6 is 0 Å². The molecular weight excluding hydrogens is 601 g/mol. The Morgan fingerprint density at radius 3 is 2.08 bits per heavy atom. The van der Waals surface area contributed by atoms with E-state index in [1.54, 1.807) is 24.3 Å². The zero-order valence-electron chi connectivity index (χ0n) is 29.2. The molecule has 1 atom stereocenters. The number of ether oxygens (including phenoxy) is 1. The summed E-state index contributed by atoms with van der Waals surface area (Å²) in [7, 11) is 0. The van der Waals surface area contributed by atoms with Crippen molar-refractivity contribution in [2.75, 3.05) is 6.61 Å². The van der Waals surface area contributed by atoms with Crippen molar-refractivity contribution in [3.8, 4) is 28.0 Å². The van der Waals surface area contributed by atoms with Gasteiger partial charge >= 0.3 is 0 Å². The summed E-state index contributed by atoms with van der Waals surface area (Å²) in [5, 5.41) is 0. The Labute approximate surface area is 287 Å². The topological polar surface area (TPSA) is 9.23 Å². The molecule has 2 aliphatic rings. The van der Waals surface area contributed by atoms with Gasteiger partial charge in [0.1, 0.15) is 5.82 Å². The molecule has 2 aliphatic carbocycles. The van der Waals surface area contributed by atoms with Crippen LogP contribution in [-0.2, 0) is 0 Å². The summed E-state index contributed by atoms with van der Waals surface area (Å²) in [4.78, 5) is 0. The molecule has 258 valence electrons. The van der Waals surface area contributed by atoms with Gasteiger partial charge in [-0.25, -0.2) is 8.78 Å². The number of halogens is 3. The van der Waals surface area contributed by atoms with Crippen molar-refractivity contribution in [1.82, 2.24) is 0 Å². The first-order valence-electron chi connectivity index (χ1n) is 18.8. The van der Waals surface area contributed by atoms with Crippen LogP contribution in [0, 0.1) is 35.2 Å². The average molecular weight is 657 g/mol. The molecule has 0 heterocycles. The van der Waals surface area contributed by atoms with Crippen molar-refractivity contribution in [2.45, 2.75) is 117 Å². The molecule has 0 N–H and O–H groups in total. The molecule has 0 radical (unpaired) electrons. The first kappa shape index (κ1) is 36.0. The first-order chi connectivity index (χ1) is 23.5. The third-order valence-electron chi connectivity index (χ3n) is 10.9. The van der Waals surface area contributed by atoms with Crippen molar-refractivity contribution >= 4 is 5.57 Å². The standard InChI is InChI=1S/C44H55F3O/c1-3-5-7-8-9-10-12-30-48-42-29-28-40(43(46)44(42)47)37-24-20-35(21-25-37)38-26-27-39(41(45)31-38)36-22-18-34(19-23-36)33-16-14-32(15-17-33)13-11-6-4-2/h4,6,20-22,24-29,31-34H,3,5,7-19,23,30H2,1-2H3. The fourth-order valence-electron chi connectivity index (χ4n) is 7.88. The van der Waals surface area contributed by atoms with Crippen molar-refractivity contribution in [2.24, 2.45) is 17.8 Å². The van der Waals surface area contributed by atoms with Gasteiger partial charge in [-0.2, -0.15) is 4.39 Å². The monoisotopic (exact) mass is 656 g/mol. The highest BCUT2D eigenvalue weighted by molar-refractivity contribution is 5.74. The van der Waals surface area contributed by atoms with Gasteiger partial charge in [-0.05, 0) is 117 Å². The second kappa shape index (κ2) is 18.5. The van der Waals surface area contributed by atoms with Gasteiger partial charge in [-0.1, -0.05) is 113 Å². The number of benzene rings is 3. The van der Waals surface area contributed by atoms with Crippen LogP contribution in [0.1, 0.15) is 122 Å². The predicted molar refractivity (Wildman–Crippen MR) is 195 cm³/mol. The van der Waals surface area contributed by atoms with E-state index in [4.69, 9.17) is 4.74 Å². The van der Waals surface area contributed by atoms with Gasteiger partial charge in [0.2, 0.25) is 5.82 Å². The maximum atomic E-state index is 15.5. The van der Waals surface area contributed by atoms with E-state index < -0.39 is 11.6 Å². The van der Waals surface area contributed by atoms with Crippen LogP contribution in [-0.4, -0.2) is 6.61 Å². The fourth-order valence-corrected chi connectivity index (χ4v) is 7.88. The SMILES string of the molecule is CC=CCCC1CCC(C2CC=C(c3ccc(-c4ccc(-c5ccc(OCCCCCCCCC)c(F)c5F)cc4)cc3F)CC2)CC1. The highest BCUT2D eigenvalue weighted by atomic mass is 19.2. The van der Waals surface area contributed by atoms with E-state index in [0.717, 1.165) is 73.0 Å². The lowest BCUT2D eigenvalue weighted by Gasteiger charge is -2.35. The maximum Gasteiger partial charge on any atom is 0.201 e. The zero-order valence-corrected chi connectivity index (χ0v) is 29.2. The first-order valence-corrected chi connectivity index (χ1v) is 18.8. The minimum absolute atomic E-state index is 0.0450. The maximum absolute atomic E-state index is 15.5. The van der Waals surface area contributed by atoms with Gasteiger partial charge < -0.3 is 4.74 Å².